The molecule has 0 aliphatic heterocycles. The topological polar surface area (TPSA) is 20.7 Å². The van der Waals surface area contributed by atoms with E-state index in [0.717, 1.165) is 12.1 Å². The summed E-state index contributed by atoms with van der Waals surface area (Å²) in [4.78, 5) is 3.46. The van der Waals surface area contributed by atoms with Gasteiger partial charge in [0.1, 0.15) is 18.1 Å². The molecule has 0 fully saturated rings. The van der Waals surface area contributed by atoms with Gasteiger partial charge in [0.05, 0.1) is 24.6 Å². The SMILES string of the molecule is [C-]#[N+]c1ccc(N(Cc2ccc(CCl)o2)CC(F)(F)F)cc1C(F)(F)F. The van der Waals surface area contributed by atoms with Crippen LogP contribution in [0.3, 0.4) is 0 Å². The van der Waals surface area contributed by atoms with E-state index in [1.807, 2.05) is 0 Å². The van der Waals surface area contributed by atoms with Crippen molar-refractivity contribution in [3.05, 3.63) is 58.8 Å². The summed E-state index contributed by atoms with van der Waals surface area (Å²) in [6.45, 7) is 4.89. The first-order chi connectivity index (χ1) is 12.0. The van der Waals surface area contributed by atoms with Crippen molar-refractivity contribution in [2.24, 2.45) is 0 Å². The van der Waals surface area contributed by atoms with Crippen LogP contribution in [0.2, 0.25) is 0 Å². The lowest BCUT2D eigenvalue weighted by Crippen LogP contribution is -2.33. The molecule has 0 aliphatic rings. The van der Waals surface area contributed by atoms with Gasteiger partial charge in [-0.2, -0.15) is 26.3 Å². The molecule has 0 unspecified atom stereocenters. The standard InChI is InChI=1S/C16H11ClF6N2O/c1-24-14-5-2-10(6-13(14)16(21,22)23)25(9-15(18,19)20)8-12-4-3-11(7-17)26-12/h2-6H,7-9H2. The van der Waals surface area contributed by atoms with Crippen LogP contribution >= 0.6 is 11.6 Å². The number of nitrogens with zero attached hydrogens (tertiary/aromatic N) is 2. The van der Waals surface area contributed by atoms with E-state index in [0.29, 0.717) is 16.7 Å². The monoisotopic (exact) mass is 396 g/mol. The molecule has 3 nitrogen and oxygen atoms in total. The predicted molar refractivity (Wildman–Crippen MR) is 83.1 cm³/mol. The van der Waals surface area contributed by atoms with Crippen LogP contribution in [-0.2, 0) is 18.6 Å². The average molecular weight is 397 g/mol. The largest absolute Gasteiger partial charge is 0.463 e. The Labute approximate surface area is 149 Å². The number of halogens is 7. The summed E-state index contributed by atoms with van der Waals surface area (Å²) >= 11 is 5.56. The Morgan fingerprint density at radius 1 is 1.04 bits per heavy atom. The molecule has 0 atom stereocenters. The van der Waals surface area contributed by atoms with E-state index in [9.17, 15) is 26.3 Å². The van der Waals surface area contributed by atoms with Gasteiger partial charge in [-0.3, -0.25) is 0 Å². The highest BCUT2D eigenvalue weighted by atomic mass is 35.5. The lowest BCUT2D eigenvalue weighted by atomic mass is 10.1. The van der Waals surface area contributed by atoms with E-state index in [1.165, 1.54) is 12.1 Å². The van der Waals surface area contributed by atoms with E-state index < -0.39 is 36.7 Å². The van der Waals surface area contributed by atoms with Gasteiger partial charge in [-0.05, 0) is 24.3 Å². The second-order valence-corrected chi connectivity index (χ2v) is 5.55. The Morgan fingerprint density at radius 3 is 2.19 bits per heavy atom. The zero-order valence-corrected chi connectivity index (χ0v) is 13.7. The molecule has 0 saturated carbocycles. The molecule has 0 N–H and O–H groups in total. The van der Waals surface area contributed by atoms with Crippen LogP contribution in [0.5, 0.6) is 0 Å². The fourth-order valence-electron chi connectivity index (χ4n) is 2.27. The first-order valence-electron chi connectivity index (χ1n) is 7.07. The van der Waals surface area contributed by atoms with Crippen molar-refractivity contribution in [2.45, 2.75) is 24.8 Å². The third-order valence-corrected chi connectivity index (χ3v) is 3.60. The second kappa shape index (κ2) is 7.50. The van der Waals surface area contributed by atoms with Crippen molar-refractivity contribution in [3.8, 4) is 0 Å². The first kappa shape index (κ1) is 20.0. The summed E-state index contributed by atoms with van der Waals surface area (Å²) in [6, 6.07) is 5.29. The first-order valence-corrected chi connectivity index (χ1v) is 7.61. The van der Waals surface area contributed by atoms with E-state index in [1.54, 1.807) is 0 Å². The molecular weight excluding hydrogens is 386 g/mol. The van der Waals surface area contributed by atoms with Gasteiger partial charge in [0.15, 0.2) is 5.69 Å². The van der Waals surface area contributed by atoms with Crippen molar-refractivity contribution < 1.29 is 30.8 Å². The Balaban J connectivity index is 2.43. The minimum atomic E-state index is -4.86. The molecule has 0 saturated heterocycles. The Hall–Kier alpha value is -2.34. The zero-order chi connectivity index (χ0) is 19.5. The summed E-state index contributed by atoms with van der Waals surface area (Å²) in [5, 5.41) is 0. The van der Waals surface area contributed by atoms with E-state index >= 15 is 0 Å². The van der Waals surface area contributed by atoms with Crippen molar-refractivity contribution >= 4 is 23.0 Å². The predicted octanol–water partition coefficient (Wildman–Crippen LogP) is 6.16. The molecule has 1 heterocycles. The Kier molecular flexibility index (Phi) is 5.76. The molecule has 0 spiro atoms. The number of rotatable bonds is 5. The van der Waals surface area contributed by atoms with Gasteiger partial charge in [0.2, 0.25) is 0 Å². The van der Waals surface area contributed by atoms with Crippen LogP contribution in [0.4, 0.5) is 37.7 Å². The fraction of sp³-hybridized carbons (Fsp3) is 0.312. The van der Waals surface area contributed by atoms with Gasteiger partial charge in [-0.25, -0.2) is 4.85 Å². The van der Waals surface area contributed by atoms with Crippen LogP contribution in [0.15, 0.2) is 34.7 Å². The quantitative estimate of drug-likeness (QED) is 0.343. The summed E-state index contributed by atoms with van der Waals surface area (Å²) in [5.41, 5.74) is -2.31. The molecule has 10 heteroatoms. The molecule has 0 bridgehead atoms. The molecule has 2 aromatic rings. The fourth-order valence-corrected chi connectivity index (χ4v) is 2.41. The zero-order valence-electron chi connectivity index (χ0n) is 13.0. The molecule has 26 heavy (non-hydrogen) atoms. The normalized spacial score (nSPS) is 12.1. The number of furan rings is 1. The summed E-state index contributed by atoms with van der Waals surface area (Å²) in [7, 11) is 0. The average Bonchev–Trinajstić information content (AvgIpc) is 2.99. The molecule has 0 amide bonds. The second-order valence-electron chi connectivity index (χ2n) is 5.28. The minimum absolute atomic E-state index is 0.0111. The van der Waals surface area contributed by atoms with Crippen molar-refractivity contribution in [3.63, 3.8) is 0 Å². The molecule has 0 aliphatic carbocycles. The highest BCUT2D eigenvalue weighted by Crippen LogP contribution is 2.39. The van der Waals surface area contributed by atoms with Gasteiger partial charge in [0.25, 0.3) is 0 Å². The maximum Gasteiger partial charge on any atom is 0.407 e. The number of benzene rings is 1. The summed E-state index contributed by atoms with van der Waals surface area (Å²) in [5.74, 6) is 0.456. The van der Waals surface area contributed by atoms with Crippen LogP contribution in [0.1, 0.15) is 17.1 Å². The van der Waals surface area contributed by atoms with Crippen molar-refractivity contribution in [2.75, 3.05) is 11.4 Å². The van der Waals surface area contributed by atoms with Crippen LogP contribution in [-0.4, -0.2) is 12.7 Å². The highest BCUT2D eigenvalue weighted by molar-refractivity contribution is 6.16. The number of anilines is 1. The van der Waals surface area contributed by atoms with Crippen molar-refractivity contribution in [1.29, 1.82) is 0 Å². The third-order valence-electron chi connectivity index (χ3n) is 3.34. The number of hydrogen-bond acceptors (Lipinski definition) is 2. The van der Waals surface area contributed by atoms with Gasteiger partial charge >= 0.3 is 12.4 Å². The molecular formula is C16H11ClF6N2O. The van der Waals surface area contributed by atoms with Crippen molar-refractivity contribution in [1.82, 2.24) is 0 Å². The Morgan fingerprint density at radius 2 is 1.69 bits per heavy atom. The van der Waals surface area contributed by atoms with E-state index in [-0.39, 0.29) is 17.3 Å². The third kappa shape index (κ3) is 5.08. The lowest BCUT2D eigenvalue weighted by Gasteiger charge is -2.26. The lowest BCUT2D eigenvalue weighted by molar-refractivity contribution is -0.136. The molecule has 0 radical (unpaired) electrons. The molecule has 2 rings (SSSR count). The van der Waals surface area contributed by atoms with Crippen LogP contribution in [0, 0.1) is 6.57 Å². The molecule has 1 aromatic heterocycles. The maximum absolute atomic E-state index is 13.1. The smallest absolute Gasteiger partial charge is 0.407 e. The van der Waals surface area contributed by atoms with Gasteiger partial charge in [-0.1, -0.05) is 6.07 Å². The minimum Gasteiger partial charge on any atom is -0.463 e. The van der Waals surface area contributed by atoms with Gasteiger partial charge < -0.3 is 9.32 Å². The Bertz CT molecular complexity index is 806. The van der Waals surface area contributed by atoms with E-state index in [4.69, 9.17) is 22.6 Å². The highest BCUT2D eigenvalue weighted by Gasteiger charge is 2.36. The number of alkyl halides is 7. The molecule has 140 valence electrons. The number of hydrogen-bond donors (Lipinski definition) is 0. The van der Waals surface area contributed by atoms with E-state index in [2.05, 4.69) is 4.85 Å². The van der Waals surface area contributed by atoms with Gasteiger partial charge in [-0.15, -0.1) is 11.6 Å². The van der Waals surface area contributed by atoms with Gasteiger partial charge in [0, 0.05) is 5.69 Å². The summed E-state index contributed by atoms with van der Waals surface area (Å²) < 4.78 is 83.1. The molecule has 1 aromatic carbocycles. The van der Waals surface area contributed by atoms with Crippen LogP contribution < -0.4 is 4.90 Å². The van der Waals surface area contributed by atoms with Crippen LogP contribution in [0.25, 0.3) is 4.85 Å². The summed E-state index contributed by atoms with van der Waals surface area (Å²) in [6.07, 6.45) is -9.52. The maximum atomic E-state index is 13.1.